The largest absolute Gasteiger partial charge is 0.464 e. The Morgan fingerprint density at radius 1 is 1.47 bits per heavy atom. The molecule has 0 bridgehead atoms. The number of hydrogen-bond acceptors (Lipinski definition) is 4. The third kappa shape index (κ3) is 2.17. The van der Waals surface area contributed by atoms with Gasteiger partial charge in [0.25, 0.3) is 0 Å². The van der Waals surface area contributed by atoms with E-state index in [1.165, 1.54) is 18.4 Å². The van der Waals surface area contributed by atoms with E-state index in [0.29, 0.717) is 10.7 Å². The van der Waals surface area contributed by atoms with Crippen molar-refractivity contribution in [3.8, 4) is 10.6 Å². The third-order valence-corrected chi connectivity index (χ3v) is 3.03. The predicted octanol–water partition coefficient (Wildman–Crippen LogP) is 3.15. The van der Waals surface area contributed by atoms with E-state index in [9.17, 15) is 4.79 Å². The van der Waals surface area contributed by atoms with E-state index in [1.807, 2.05) is 12.1 Å². The lowest BCUT2D eigenvalue weighted by atomic mass is 10.2. The smallest absolute Gasteiger partial charge is 0.357 e. The summed E-state index contributed by atoms with van der Waals surface area (Å²) in [4.78, 5) is 18.9. The molecule has 0 spiro atoms. The Bertz CT molecular complexity index is 599. The minimum atomic E-state index is -0.465. The highest BCUT2D eigenvalue weighted by atomic mass is 32.1. The Labute approximate surface area is 102 Å². The van der Waals surface area contributed by atoms with Crippen molar-refractivity contribution in [2.45, 2.75) is 0 Å². The van der Waals surface area contributed by atoms with Crippen molar-refractivity contribution in [2.75, 3.05) is 7.11 Å². The minimum Gasteiger partial charge on any atom is -0.464 e. The maximum absolute atomic E-state index is 11.3. The van der Waals surface area contributed by atoms with Crippen molar-refractivity contribution in [3.05, 3.63) is 46.8 Å². The van der Waals surface area contributed by atoms with Gasteiger partial charge in [0, 0.05) is 10.9 Å². The first kappa shape index (κ1) is 11.3. The van der Waals surface area contributed by atoms with Gasteiger partial charge in [-0.2, -0.15) is 0 Å². The molecule has 1 aromatic heterocycles. The Kier molecular flexibility index (Phi) is 3.17. The van der Waals surface area contributed by atoms with Gasteiger partial charge < -0.3 is 4.74 Å². The zero-order valence-corrected chi connectivity index (χ0v) is 9.82. The highest BCUT2D eigenvalue weighted by molar-refractivity contribution is 7.13. The zero-order chi connectivity index (χ0) is 12.3. The van der Waals surface area contributed by atoms with Crippen LogP contribution in [0.1, 0.15) is 10.5 Å². The molecule has 1 heterocycles. The van der Waals surface area contributed by atoms with E-state index < -0.39 is 5.97 Å². The summed E-state index contributed by atoms with van der Waals surface area (Å²) in [6, 6.07) is 7.17. The number of methoxy groups -OCH3 is 1. The number of thiazole rings is 1. The molecule has 0 fully saturated rings. The van der Waals surface area contributed by atoms with Crippen LogP contribution in [-0.2, 0) is 4.74 Å². The molecule has 0 radical (unpaired) electrons. The number of rotatable bonds is 2. The number of aromatic nitrogens is 1. The van der Waals surface area contributed by atoms with Crippen LogP contribution in [-0.4, -0.2) is 18.1 Å². The Hall–Kier alpha value is -2.19. The van der Waals surface area contributed by atoms with Gasteiger partial charge in [-0.1, -0.05) is 24.3 Å². The fourth-order valence-corrected chi connectivity index (χ4v) is 2.17. The Balaban J connectivity index is 2.44. The highest BCUT2D eigenvalue weighted by Gasteiger charge is 2.13. The van der Waals surface area contributed by atoms with Gasteiger partial charge in [0.15, 0.2) is 11.4 Å². The molecule has 0 unspecified atom stereocenters. The standard InChI is InChI=1S/C12H8N2O2S/c1-13-9-6-4-3-5-8(9)11-14-10(7-17-11)12(15)16-2/h3-7H,2H3. The molecule has 0 saturated heterocycles. The van der Waals surface area contributed by atoms with E-state index in [1.54, 1.807) is 17.5 Å². The van der Waals surface area contributed by atoms with Gasteiger partial charge in [-0.25, -0.2) is 14.6 Å². The van der Waals surface area contributed by atoms with Gasteiger partial charge in [-0.15, -0.1) is 11.3 Å². The van der Waals surface area contributed by atoms with Crippen LogP contribution in [0.15, 0.2) is 29.6 Å². The van der Waals surface area contributed by atoms with Crippen LogP contribution in [0.2, 0.25) is 0 Å². The second kappa shape index (κ2) is 4.76. The lowest BCUT2D eigenvalue weighted by Gasteiger charge is -1.98. The minimum absolute atomic E-state index is 0.271. The molecule has 0 N–H and O–H groups in total. The molecule has 2 rings (SSSR count). The fourth-order valence-electron chi connectivity index (χ4n) is 1.35. The highest BCUT2D eigenvalue weighted by Crippen LogP contribution is 2.32. The van der Waals surface area contributed by atoms with Gasteiger partial charge in [0.05, 0.1) is 13.7 Å². The number of ether oxygens (including phenoxy) is 1. The lowest BCUT2D eigenvalue weighted by Crippen LogP contribution is -2.00. The quantitative estimate of drug-likeness (QED) is 0.602. The Morgan fingerprint density at radius 2 is 2.24 bits per heavy atom. The fraction of sp³-hybridized carbons (Fsp3) is 0.0833. The van der Waals surface area contributed by atoms with E-state index in [4.69, 9.17) is 6.57 Å². The van der Waals surface area contributed by atoms with Crippen LogP contribution >= 0.6 is 11.3 Å². The van der Waals surface area contributed by atoms with E-state index in [-0.39, 0.29) is 5.69 Å². The van der Waals surface area contributed by atoms with Gasteiger partial charge in [0.2, 0.25) is 0 Å². The molecule has 0 amide bonds. The van der Waals surface area contributed by atoms with E-state index >= 15 is 0 Å². The maximum Gasteiger partial charge on any atom is 0.357 e. The van der Waals surface area contributed by atoms with Gasteiger partial charge >= 0.3 is 5.97 Å². The molecule has 5 heteroatoms. The summed E-state index contributed by atoms with van der Waals surface area (Å²) in [6.45, 7) is 7.07. The van der Waals surface area contributed by atoms with E-state index in [2.05, 4.69) is 14.6 Å². The second-order valence-corrected chi connectivity index (χ2v) is 4.02. The van der Waals surface area contributed by atoms with Gasteiger partial charge in [0.1, 0.15) is 5.01 Å². The Morgan fingerprint density at radius 3 is 2.94 bits per heavy atom. The lowest BCUT2D eigenvalue weighted by molar-refractivity contribution is 0.0595. The molecule has 2 aromatic rings. The number of nitrogens with zero attached hydrogens (tertiary/aromatic N) is 2. The summed E-state index contributed by atoms with van der Waals surface area (Å²) in [5, 5.41) is 2.28. The number of hydrogen-bond donors (Lipinski definition) is 0. The summed E-state index contributed by atoms with van der Waals surface area (Å²) in [5.74, 6) is -0.465. The molecule has 1 aromatic carbocycles. The molecule has 17 heavy (non-hydrogen) atoms. The summed E-state index contributed by atoms with van der Waals surface area (Å²) < 4.78 is 4.59. The maximum atomic E-state index is 11.3. The van der Waals surface area contributed by atoms with Crippen LogP contribution in [0, 0.1) is 6.57 Å². The van der Waals surface area contributed by atoms with Crippen molar-refractivity contribution in [3.63, 3.8) is 0 Å². The van der Waals surface area contributed by atoms with Crippen molar-refractivity contribution in [1.29, 1.82) is 0 Å². The van der Waals surface area contributed by atoms with Gasteiger partial charge in [-0.3, -0.25) is 0 Å². The number of benzene rings is 1. The van der Waals surface area contributed by atoms with Crippen LogP contribution in [0.25, 0.3) is 15.4 Å². The van der Waals surface area contributed by atoms with E-state index in [0.717, 1.165) is 5.56 Å². The topological polar surface area (TPSA) is 43.5 Å². The molecule has 0 aliphatic carbocycles. The van der Waals surface area contributed by atoms with Crippen LogP contribution in [0.3, 0.4) is 0 Å². The molecule has 0 atom stereocenters. The molecule has 4 nitrogen and oxygen atoms in total. The van der Waals surface area contributed by atoms with Crippen LogP contribution in [0.4, 0.5) is 5.69 Å². The van der Waals surface area contributed by atoms with Crippen molar-refractivity contribution < 1.29 is 9.53 Å². The van der Waals surface area contributed by atoms with Crippen LogP contribution in [0.5, 0.6) is 0 Å². The van der Waals surface area contributed by atoms with Crippen molar-refractivity contribution in [1.82, 2.24) is 4.98 Å². The molecule has 84 valence electrons. The average molecular weight is 244 g/mol. The summed E-state index contributed by atoms with van der Waals surface area (Å²) in [7, 11) is 1.31. The third-order valence-electron chi connectivity index (χ3n) is 2.15. The van der Waals surface area contributed by atoms with Crippen molar-refractivity contribution in [2.24, 2.45) is 0 Å². The zero-order valence-electron chi connectivity index (χ0n) is 9.01. The number of para-hydroxylation sites is 1. The first-order chi connectivity index (χ1) is 8.26. The normalized spacial score (nSPS) is 9.65. The molecular formula is C12H8N2O2S. The second-order valence-electron chi connectivity index (χ2n) is 3.16. The summed E-state index contributed by atoms with van der Waals surface area (Å²) >= 11 is 1.32. The summed E-state index contributed by atoms with van der Waals surface area (Å²) in [5.41, 5.74) is 1.54. The van der Waals surface area contributed by atoms with Crippen molar-refractivity contribution >= 4 is 23.0 Å². The van der Waals surface area contributed by atoms with Crippen LogP contribution < -0.4 is 0 Å². The predicted molar refractivity (Wildman–Crippen MR) is 65.2 cm³/mol. The number of esters is 1. The SMILES string of the molecule is [C-]#[N+]c1ccccc1-c1nc(C(=O)OC)cs1. The number of carbonyl (C=O) groups is 1. The summed E-state index contributed by atoms with van der Waals surface area (Å²) in [6.07, 6.45) is 0. The first-order valence-electron chi connectivity index (χ1n) is 4.77. The molecule has 0 saturated carbocycles. The molecular weight excluding hydrogens is 236 g/mol. The number of carbonyl (C=O) groups excluding carboxylic acids is 1. The monoisotopic (exact) mass is 244 g/mol. The molecule has 0 aliphatic heterocycles. The average Bonchev–Trinajstić information content (AvgIpc) is 2.87. The first-order valence-corrected chi connectivity index (χ1v) is 5.65. The molecule has 0 aliphatic rings. The van der Waals surface area contributed by atoms with Gasteiger partial charge in [-0.05, 0) is 0 Å².